The Hall–Kier alpha value is -2.11. The zero-order chi connectivity index (χ0) is 15.9. The van der Waals surface area contributed by atoms with E-state index in [1.54, 1.807) is 10.6 Å². The molecule has 0 aliphatic rings. The van der Waals surface area contributed by atoms with Crippen molar-refractivity contribution in [2.45, 2.75) is 46.6 Å². The van der Waals surface area contributed by atoms with Crippen LogP contribution >= 0.6 is 0 Å². The summed E-state index contributed by atoms with van der Waals surface area (Å²) < 4.78 is 2.94. The molecule has 0 fully saturated rings. The van der Waals surface area contributed by atoms with Crippen molar-refractivity contribution in [2.75, 3.05) is 0 Å². The molecule has 0 saturated carbocycles. The summed E-state index contributed by atoms with van der Waals surface area (Å²) in [4.78, 5) is 23.5. The minimum Gasteiger partial charge on any atom is -0.477 e. The normalized spacial score (nSPS) is 12.3. The molecule has 0 radical (unpaired) electrons. The standard InChI is InChI=1S/C15H21N3O3/c1-9(2)8-17-10(14(20)21)6-13(19)18-12(17)7-11(16-18)15(3,4)5/h6-7,9H,8H2,1-5H3,(H,20,21). The predicted molar refractivity (Wildman–Crippen MR) is 79.9 cm³/mol. The Labute approximate surface area is 123 Å². The molecule has 6 heteroatoms. The molecule has 2 rings (SSSR count). The predicted octanol–water partition coefficient (Wildman–Crippen LogP) is 2.15. The van der Waals surface area contributed by atoms with Crippen LogP contribution in [0.15, 0.2) is 16.9 Å². The highest BCUT2D eigenvalue weighted by Crippen LogP contribution is 2.22. The summed E-state index contributed by atoms with van der Waals surface area (Å²) in [6.45, 7) is 10.5. The molecule has 1 N–H and O–H groups in total. The molecule has 0 aliphatic heterocycles. The fraction of sp³-hybridized carbons (Fsp3) is 0.533. The van der Waals surface area contributed by atoms with Crippen LogP contribution < -0.4 is 5.56 Å². The highest BCUT2D eigenvalue weighted by molar-refractivity contribution is 5.86. The van der Waals surface area contributed by atoms with Gasteiger partial charge in [0.25, 0.3) is 5.56 Å². The number of carboxylic acids is 1. The van der Waals surface area contributed by atoms with Crippen LogP contribution in [0, 0.1) is 5.92 Å². The molecule has 114 valence electrons. The maximum atomic E-state index is 12.1. The van der Waals surface area contributed by atoms with E-state index in [4.69, 9.17) is 0 Å². The highest BCUT2D eigenvalue weighted by Gasteiger charge is 2.22. The van der Waals surface area contributed by atoms with Crippen LogP contribution in [0.25, 0.3) is 5.65 Å². The Morgan fingerprint density at radius 3 is 2.43 bits per heavy atom. The van der Waals surface area contributed by atoms with Gasteiger partial charge in [0.1, 0.15) is 11.3 Å². The van der Waals surface area contributed by atoms with E-state index in [1.807, 2.05) is 34.6 Å². The molecule has 0 amide bonds. The number of aromatic nitrogens is 3. The Kier molecular flexibility index (Phi) is 3.65. The molecule has 21 heavy (non-hydrogen) atoms. The van der Waals surface area contributed by atoms with Gasteiger partial charge in [0, 0.05) is 24.1 Å². The zero-order valence-electron chi connectivity index (χ0n) is 13.0. The summed E-state index contributed by atoms with van der Waals surface area (Å²) in [5.74, 6) is -0.851. The van der Waals surface area contributed by atoms with Gasteiger partial charge in [-0.1, -0.05) is 34.6 Å². The van der Waals surface area contributed by atoms with Gasteiger partial charge in [-0.15, -0.1) is 0 Å². The number of nitrogens with zero attached hydrogens (tertiary/aromatic N) is 3. The SMILES string of the molecule is CC(C)Cn1c(C(=O)O)cc(=O)n2nc(C(C)(C)C)cc12. The van der Waals surface area contributed by atoms with Gasteiger partial charge in [0.2, 0.25) is 0 Å². The Morgan fingerprint density at radius 2 is 1.95 bits per heavy atom. The lowest BCUT2D eigenvalue weighted by atomic mass is 9.92. The van der Waals surface area contributed by atoms with Crippen LogP contribution in [-0.2, 0) is 12.0 Å². The van der Waals surface area contributed by atoms with Crippen molar-refractivity contribution in [2.24, 2.45) is 5.92 Å². The van der Waals surface area contributed by atoms with Crippen molar-refractivity contribution < 1.29 is 9.90 Å². The third-order valence-electron chi connectivity index (χ3n) is 3.26. The minimum absolute atomic E-state index is 0.00144. The first-order chi connectivity index (χ1) is 9.61. The first-order valence-electron chi connectivity index (χ1n) is 6.98. The number of rotatable bonds is 3. The van der Waals surface area contributed by atoms with Gasteiger partial charge in [-0.25, -0.2) is 4.79 Å². The van der Waals surface area contributed by atoms with E-state index in [0.717, 1.165) is 11.8 Å². The van der Waals surface area contributed by atoms with Gasteiger partial charge in [-0.05, 0) is 5.92 Å². The van der Waals surface area contributed by atoms with Gasteiger partial charge < -0.3 is 9.67 Å². The van der Waals surface area contributed by atoms with Crippen molar-refractivity contribution in [3.63, 3.8) is 0 Å². The summed E-state index contributed by atoms with van der Waals surface area (Å²) in [5, 5.41) is 13.7. The smallest absolute Gasteiger partial charge is 0.352 e. The van der Waals surface area contributed by atoms with E-state index in [-0.39, 0.29) is 17.0 Å². The lowest BCUT2D eigenvalue weighted by Crippen LogP contribution is -2.25. The average molecular weight is 291 g/mol. The zero-order valence-corrected chi connectivity index (χ0v) is 13.0. The molecule has 0 aliphatic carbocycles. The topological polar surface area (TPSA) is 76.6 Å². The maximum Gasteiger partial charge on any atom is 0.352 e. The second-order valence-corrected chi connectivity index (χ2v) is 6.73. The Balaban J connectivity index is 2.83. The molecule has 2 aromatic heterocycles. The summed E-state index contributed by atoms with van der Waals surface area (Å²) in [5.41, 5.74) is 0.662. The third-order valence-corrected chi connectivity index (χ3v) is 3.26. The van der Waals surface area contributed by atoms with Gasteiger partial charge in [0.15, 0.2) is 0 Å². The van der Waals surface area contributed by atoms with Crippen LogP contribution in [-0.4, -0.2) is 25.3 Å². The second kappa shape index (κ2) is 5.02. The van der Waals surface area contributed by atoms with E-state index in [1.165, 1.54) is 4.52 Å². The Morgan fingerprint density at radius 1 is 1.33 bits per heavy atom. The van der Waals surface area contributed by atoms with Crippen LogP contribution in [0.4, 0.5) is 0 Å². The van der Waals surface area contributed by atoms with Crippen molar-refractivity contribution in [1.82, 2.24) is 14.2 Å². The lowest BCUT2D eigenvalue weighted by Gasteiger charge is -2.14. The molecular weight excluding hydrogens is 270 g/mol. The van der Waals surface area contributed by atoms with Crippen LogP contribution in [0.2, 0.25) is 0 Å². The van der Waals surface area contributed by atoms with Gasteiger partial charge in [0.05, 0.1) is 5.69 Å². The van der Waals surface area contributed by atoms with E-state index in [0.29, 0.717) is 12.2 Å². The fourth-order valence-corrected chi connectivity index (χ4v) is 2.21. The molecule has 0 atom stereocenters. The number of hydrogen-bond acceptors (Lipinski definition) is 3. The van der Waals surface area contributed by atoms with Gasteiger partial charge >= 0.3 is 5.97 Å². The first-order valence-corrected chi connectivity index (χ1v) is 6.98. The molecule has 6 nitrogen and oxygen atoms in total. The number of hydrogen-bond donors (Lipinski definition) is 1. The molecule has 2 heterocycles. The number of carbonyl (C=O) groups is 1. The molecule has 0 aromatic carbocycles. The van der Waals surface area contributed by atoms with Crippen molar-refractivity contribution in [3.8, 4) is 0 Å². The largest absolute Gasteiger partial charge is 0.477 e. The molecule has 0 unspecified atom stereocenters. The monoisotopic (exact) mass is 291 g/mol. The van der Waals surface area contributed by atoms with Crippen LogP contribution in [0.5, 0.6) is 0 Å². The van der Waals surface area contributed by atoms with Crippen LogP contribution in [0.3, 0.4) is 0 Å². The fourth-order valence-electron chi connectivity index (χ4n) is 2.21. The summed E-state index contributed by atoms with van der Waals surface area (Å²) in [7, 11) is 0. The average Bonchev–Trinajstić information content (AvgIpc) is 2.76. The van der Waals surface area contributed by atoms with E-state index >= 15 is 0 Å². The minimum atomic E-state index is -1.10. The van der Waals surface area contributed by atoms with Crippen molar-refractivity contribution in [3.05, 3.63) is 33.9 Å². The van der Waals surface area contributed by atoms with E-state index in [2.05, 4.69) is 5.10 Å². The summed E-state index contributed by atoms with van der Waals surface area (Å²) in [6, 6.07) is 2.94. The maximum absolute atomic E-state index is 12.1. The Bertz CT molecular complexity index is 748. The van der Waals surface area contributed by atoms with Gasteiger partial charge in [-0.2, -0.15) is 9.61 Å². The van der Waals surface area contributed by atoms with E-state index in [9.17, 15) is 14.7 Å². The van der Waals surface area contributed by atoms with E-state index < -0.39 is 11.5 Å². The number of carboxylic acid groups (broad SMARTS) is 1. The quantitative estimate of drug-likeness (QED) is 0.940. The molecule has 0 bridgehead atoms. The summed E-state index contributed by atoms with van der Waals surface area (Å²) in [6.07, 6.45) is 0. The third kappa shape index (κ3) is 2.84. The van der Waals surface area contributed by atoms with Crippen molar-refractivity contribution in [1.29, 1.82) is 0 Å². The summed E-state index contributed by atoms with van der Waals surface area (Å²) >= 11 is 0. The number of fused-ring (bicyclic) bond motifs is 1. The molecule has 2 aromatic rings. The molecule has 0 spiro atoms. The number of aromatic carboxylic acids is 1. The highest BCUT2D eigenvalue weighted by atomic mass is 16.4. The first kappa shape index (κ1) is 15.3. The van der Waals surface area contributed by atoms with Crippen LogP contribution in [0.1, 0.15) is 50.8 Å². The second-order valence-electron chi connectivity index (χ2n) is 6.73. The van der Waals surface area contributed by atoms with Crippen molar-refractivity contribution >= 4 is 11.6 Å². The molecule has 0 saturated heterocycles. The van der Waals surface area contributed by atoms with Gasteiger partial charge in [-0.3, -0.25) is 4.79 Å². The lowest BCUT2D eigenvalue weighted by molar-refractivity contribution is 0.0683. The molecular formula is C15H21N3O3.